The largest absolute Gasteiger partial charge is 0.359 e. The maximum absolute atomic E-state index is 4.87. The monoisotopic (exact) mass is 358 g/mol. The first kappa shape index (κ1) is 17.2. The van der Waals surface area contributed by atoms with Crippen LogP contribution in [0.25, 0.3) is 39.8 Å². The van der Waals surface area contributed by atoms with Gasteiger partial charge in [0.05, 0.1) is 16.9 Å². The highest BCUT2D eigenvalue weighted by molar-refractivity contribution is 5.90. The Labute approximate surface area is 158 Å². The molecule has 0 aliphatic carbocycles. The fourth-order valence-corrected chi connectivity index (χ4v) is 3.16. The molecule has 0 bridgehead atoms. The number of allylic oxidation sites excluding steroid dienone is 1. The quantitative estimate of drug-likeness (QED) is 0.563. The zero-order chi connectivity index (χ0) is 18.8. The molecule has 0 saturated carbocycles. The number of hydrogen-bond acceptors (Lipinski definition) is 4. The van der Waals surface area contributed by atoms with E-state index in [1.165, 1.54) is 0 Å². The molecule has 0 radical (unpaired) electrons. The van der Waals surface area contributed by atoms with Crippen LogP contribution in [0, 0.1) is 0 Å². The first-order valence-corrected chi connectivity index (χ1v) is 8.89. The van der Waals surface area contributed by atoms with Gasteiger partial charge in [-0.3, -0.25) is 10.1 Å². The molecule has 136 valence electrons. The van der Waals surface area contributed by atoms with Crippen molar-refractivity contribution >= 4 is 17.1 Å². The molecule has 0 fully saturated rings. The third kappa shape index (κ3) is 3.52. The minimum absolute atomic E-state index is 0.819. The number of aromatic amines is 2. The Balaban J connectivity index is 1.76. The molecule has 27 heavy (non-hydrogen) atoms. The van der Waals surface area contributed by atoms with Crippen molar-refractivity contribution in [3.05, 3.63) is 60.1 Å². The van der Waals surface area contributed by atoms with Gasteiger partial charge in [-0.1, -0.05) is 12.2 Å². The molecule has 4 rings (SSSR count). The van der Waals surface area contributed by atoms with Crippen LogP contribution in [0.15, 0.2) is 48.9 Å². The molecule has 4 aromatic heterocycles. The second kappa shape index (κ2) is 7.17. The predicted molar refractivity (Wildman–Crippen MR) is 109 cm³/mol. The summed E-state index contributed by atoms with van der Waals surface area (Å²) in [4.78, 5) is 14.7. The smallest absolute Gasteiger partial charge is 0.135 e. The summed E-state index contributed by atoms with van der Waals surface area (Å²) in [6.07, 6.45) is 9.78. The van der Waals surface area contributed by atoms with Crippen LogP contribution in [0.4, 0.5) is 0 Å². The van der Waals surface area contributed by atoms with Crippen LogP contribution in [0.2, 0.25) is 0 Å². The SMILES string of the molecule is C/C=C\c1c[nH]c(-c2n[nH]c3ccc(-c4cncc(CN(C)C)c4)nc23)c1. The van der Waals surface area contributed by atoms with Gasteiger partial charge in [-0.2, -0.15) is 5.10 Å². The maximum Gasteiger partial charge on any atom is 0.135 e. The first-order valence-electron chi connectivity index (χ1n) is 8.89. The van der Waals surface area contributed by atoms with Crippen molar-refractivity contribution < 1.29 is 0 Å². The highest BCUT2D eigenvalue weighted by Gasteiger charge is 2.13. The summed E-state index contributed by atoms with van der Waals surface area (Å²) in [6.45, 7) is 2.85. The number of H-pyrrole nitrogens is 2. The molecule has 0 aliphatic heterocycles. The lowest BCUT2D eigenvalue weighted by atomic mass is 10.1. The number of fused-ring (bicyclic) bond motifs is 1. The molecular weight excluding hydrogens is 336 g/mol. The molecule has 4 aromatic rings. The van der Waals surface area contributed by atoms with E-state index in [0.717, 1.165) is 51.4 Å². The van der Waals surface area contributed by atoms with E-state index in [-0.39, 0.29) is 0 Å². The summed E-state index contributed by atoms with van der Waals surface area (Å²) < 4.78 is 0. The lowest BCUT2D eigenvalue weighted by Gasteiger charge is -2.10. The average Bonchev–Trinajstić information content (AvgIpc) is 3.27. The highest BCUT2D eigenvalue weighted by Crippen LogP contribution is 2.27. The molecule has 0 saturated heterocycles. The zero-order valence-electron chi connectivity index (χ0n) is 15.7. The van der Waals surface area contributed by atoms with Gasteiger partial charge in [0.25, 0.3) is 0 Å². The van der Waals surface area contributed by atoms with Crippen LogP contribution >= 0.6 is 0 Å². The summed E-state index contributed by atoms with van der Waals surface area (Å²) in [6, 6.07) is 8.23. The van der Waals surface area contributed by atoms with E-state index >= 15 is 0 Å². The van der Waals surface area contributed by atoms with Crippen molar-refractivity contribution in [3.8, 4) is 22.6 Å². The van der Waals surface area contributed by atoms with Crippen LogP contribution in [0.3, 0.4) is 0 Å². The second-order valence-corrected chi connectivity index (χ2v) is 6.83. The number of aromatic nitrogens is 5. The van der Waals surface area contributed by atoms with Gasteiger partial charge in [0.2, 0.25) is 0 Å². The Bertz CT molecular complexity index is 1100. The van der Waals surface area contributed by atoms with Gasteiger partial charge in [-0.15, -0.1) is 0 Å². The zero-order valence-corrected chi connectivity index (χ0v) is 15.7. The van der Waals surface area contributed by atoms with E-state index in [1.807, 2.05) is 57.8 Å². The van der Waals surface area contributed by atoms with Crippen molar-refractivity contribution in [2.24, 2.45) is 0 Å². The van der Waals surface area contributed by atoms with Gasteiger partial charge in [0, 0.05) is 30.7 Å². The lowest BCUT2D eigenvalue weighted by Crippen LogP contribution is -2.10. The number of rotatable bonds is 5. The molecule has 0 spiro atoms. The predicted octanol–water partition coefficient (Wildman–Crippen LogP) is 4.11. The summed E-state index contributed by atoms with van der Waals surface area (Å²) in [5, 5.41) is 7.54. The molecule has 0 aromatic carbocycles. The van der Waals surface area contributed by atoms with Gasteiger partial charge in [0.15, 0.2) is 0 Å². The number of hydrogen-bond donors (Lipinski definition) is 2. The van der Waals surface area contributed by atoms with Crippen LogP contribution in [0.5, 0.6) is 0 Å². The van der Waals surface area contributed by atoms with Crippen LogP contribution in [0.1, 0.15) is 18.1 Å². The van der Waals surface area contributed by atoms with E-state index in [1.54, 1.807) is 0 Å². The first-order chi connectivity index (χ1) is 13.1. The maximum atomic E-state index is 4.87. The minimum atomic E-state index is 0.819. The van der Waals surface area contributed by atoms with Gasteiger partial charge in [-0.05, 0) is 56.4 Å². The van der Waals surface area contributed by atoms with Crippen molar-refractivity contribution in [2.75, 3.05) is 14.1 Å². The van der Waals surface area contributed by atoms with E-state index in [0.29, 0.717) is 0 Å². The number of nitrogens with one attached hydrogen (secondary N) is 2. The summed E-state index contributed by atoms with van der Waals surface area (Å²) in [5.41, 5.74) is 7.68. The Morgan fingerprint density at radius 2 is 2.04 bits per heavy atom. The average molecular weight is 358 g/mol. The van der Waals surface area contributed by atoms with E-state index in [2.05, 4.69) is 43.3 Å². The summed E-state index contributed by atoms with van der Waals surface area (Å²) in [7, 11) is 4.10. The molecule has 0 amide bonds. The Kier molecular flexibility index (Phi) is 4.56. The third-order valence-corrected chi connectivity index (χ3v) is 4.32. The van der Waals surface area contributed by atoms with Gasteiger partial charge in [-0.25, -0.2) is 4.98 Å². The molecular formula is C21H22N6. The normalized spacial score (nSPS) is 11.9. The Morgan fingerprint density at radius 3 is 2.85 bits per heavy atom. The van der Waals surface area contributed by atoms with Crippen LogP contribution in [-0.2, 0) is 6.54 Å². The van der Waals surface area contributed by atoms with Gasteiger partial charge < -0.3 is 9.88 Å². The van der Waals surface area contributed by atoms with Gasteiger partial charge in [0.1, 0.15) is 11.2 Å². The lowest BCUT2D eigenvalue weighted by molar-refractivity contribution is 0.402. The minimum Gasteiger partial charge on any atom is -0.359 e. The Morgan fingerprint density at radius 1 is 1.15 bits per heavy atom. The summed E-state index contributed by atoms with van der Waals surface area (Å²) >= 11 is 0. The topological polar surface area (TPSA) is 73.5 Å². The van der Waals surface area contributed by atoms with E-state index in [9.17, 15) is 0 Å². The Hall–Kier alpha value is -3.25. The fourth-order valence-electron chi connectivity index (χ4n) is 3.16. The van der Waals surface area contributed by atoms with Crippen molar-refractivity contribution in [1.82, 2.24) is 30.0 Å². The van der Waals surface area contributed by atoms with Crippen LogP contribution in [-0.4, -0.2) is 44.1 Å². The molecule has 4 heterocycles. The van der Waals surface area contributed by atoms with Crippen LogP contribution < -0.4 is 0 Å². The molecule has 0 unspecified atom stereocenters. The molecule has 0 atom stereocenters. The third-order valence-electron chi connectivity index (χ3n) is 4.32. The fraction of sp³-hybridized carbons (Fsp3) is 0.190. The second-order valence-electron chi connectivity index (χ2n) is 6.83. The molecule has 6 heteroatoms. The molecule has 0 aliphatic rings. The number of pyridine rings is 2. The van der Waals surface area contributed by atoms with Gasteiger partial charge >= 0.3 is 0 Å². The summed E-state index contributed by atoms with van der Waals surface area (Å²) in [5.74, 6) is 0. The van der Waals surface area contributed by atoms with E-state index < -0.39 is 0 Å². The van der Waals surface area contributed by atoms with E-state index in [4.69, 9.17) is 4.98 Å². The highest BCUT2D eigenvalue weighted by atomic mass is 15.1. The van der Waals surface area contributed by atoms with Crippen molar-refractivity contribution in [2.45, 2.75) is 13.5 Å². The van der Waals surface area contributed by atoms with Crippen molar-refractivity contribution in [1.29, 1.82) is 0 Å². The standard InChI is InChI=1S/C21H22N6/c1-4-5-14-9-19(23-11-14)21-20-18(25-26-21)7-6-17(24-20)16-8-15(10-22-12-16)13-27(2)3/h4-12,23H,13H2,1-3H3,(H,25,26)/b5-4-. The molecule has 6 nitrogen and oxygen atoms in total. The van der Waals surface area contributed by atoms with Crippen molar-refractivity contribution in [3.63, 3.8) is 0 Å². The molecule has 2 N–H and O–H groups in total. The number of nitrogens with zero attached hydrogens (tertiary/aromatic N) is 4.